The predicted molar refractivity (Wildman–Crippen MR) is 62.0 cm³/mol. The van der Waals surface area contributed by atoms with E-state index in [9.17, 15) is 0 Å². The molecule has 0 unspecified atom stereocenters. The van der Waals surface area contributed by atoms with Gasteiger partial charge in [-0.2, -0.15) is 0 Å². The Morgan fingerprint density at radius 2 is 1.88 bits per heavy atom. The highest BCUT2D eigenvalue weighted by Crippen LogP contribution is 2.36. The number of benzene rings is 1. The Kier molecular flexibility index (Phi) is 2.48. The molecular weight excluding hydrogens is 202 g/mol. The maximum absolute atomic E-state index is 5.90. The van der Waals surface area contributed by atoms with Crippen LogP contribution in [0, 0.1) is 5.41 Å². The van der Waals surface area contributed by atoms with Crippen LogP contribution in [0.15, 0.2) is 24.3 Å². The zero-order chi connectivity index (χ0) is 10.8. The Bertz CT molecular complexity index is 372. The molecule has 1 aromatic carbocycles. The molecule has 0 aliphatic carbocycles. The van der Waals surface area contributed by atoms with Crippen LogP contribution in [0.4, 0.5) is 0 Å². The van der Waals surface area contributed by atoms with Crippen LogP contribution < -0.4 is 14.8 Å². The Labute approximate surface area is 95.8 Å². The molecule has 2 heterocycles. The molecule has 0 aromatic heterocycles. The molecular formula is C13H17NO2. The molecule has 3 nitrogen and oxygen atoms in total. The third-order valence-electron chi connectivity index (χ3n) is 3.61. The number of nitrogens with one attached hydrogen (secondary N) is 1. The van der Waals surface area contributed by atoms with Crippen molar-refractivity contribution in [2.75, 3.05) is 26.3 Å². The van der Waals surface area contributed by atoms with Crippen molar-refractivity contribution >= 4 is 0 Å². The Morgan fingerprint density at radius 3 is 2.62 bits per heavy atom. The summed E-state index contributed by atoms with van der Waals surface area (Å²) >= 11 is 0. The first-order chi connectivity index (χ1) is 7.88. The van der Waals surface area contributed by atoms with E-state index in [4.69, 9.17) is 9.47 Å². The normalized spacial score (nSPS) is 28.8. The second kappa shape index (κ2) is 3.98. The van der Waals surface area contributed by atoms with Gasteiger partial charge in [0.15, 0.2) is 11.5 Å². The van der Waals surface area contributed by atoms with Crippen LogP contribution in [-0.2, 0) is 0 Å². The fraction of sp³-hybridized carbons (Fsp3) is 0.538. The molecule has 0 bridgehead atoms. The molecule has 1 atom stereocenters. The van der Waals surface area contributed by atoms with Crippen LogP contribution in [0.1, 0.15) is 12.8 Å². The second-order valence-electron chi connectivity index (χ2n) is 4.76. The summed E-state index contributed by atoms with van der Waals surface area (Å²) in [6.45, 7) is 3.76. The predicted octanol–water partition coefficient (Wildman–Crippen LogP) is 1.83. The van der Waals surface area contributed by atoms with Gasteiger partial charge < -0.3 is 14.8 Å². The lowest BCUT2D eigenvalue weighted by atomic mass is 9.84. The van der Waals surface area contributed by atoms with Gasteiger partial charge in [-0.15, -0.1) is 0 Å². The van der Waals surface area contributed by atoms with Crippen molar-refractivity contribution in [1.29, 1.82) is 0 Å². The van der Waals surface area contributed by atoms with Crippen molar-refractivity contribution in [3.8, 4) is 11.5 Å². The first kappa shape index (κ1) is 9.97. The maximum atomic E-state index is 5.90. The van der Waals surface area contributed by atoms with Crippen LogP contribution in [-0.4, -0.2) is 26.3 Å². The molecule has 16 heavy (non-hydrogen) atoms. The van der Waals surface area contributed by atoms with Crippen LogP contribution in [0.5, 0.6) is 11.5 Å². The fourth-order valence-corrected chi connectivity index (χ4v) is 2.50. The summed E-state index contributed by atoms with van der Waals surface area (Å²) in [5, 5.41) is 3.42. The molecule has 1 spiro atoms. The summed E-state index contributed by atoms with van der Waals surface area (Å²) < 4.78 is 11.7. The van der Waals surface area contributed by atoms with E-state index < -0.39 is 0 Å². The van der Waals surface area contributed by atoms with Gasteiger partial charge in [0, 0.05) is 12.0 Å². The van der Waals surface area contributed by atoms with E-state index in [2.05, 4.69) is 5.32 Å². The molecule has 1 aromatic rings. The van der Waals surface area contributed by atoms with E-state index in [0.717, 1.165) is 44.2 Å². The quantitative estimate of drug-likeness (QED) is 0.722. The van der Waals surface area contributed by atoms with E-state index >= 15 is 0 Å². The summed E-state index contributed by atoms with van der Waals surface area (Å²) in [6.07, 6.45) is 2.27. The van der Waals surface area contributed by atoms with E-state index in [0.29, 0.717) is 0 Å². The van der Waals surface area contributed by atoms with Crippen LogP contribution in [0.25, 0.3) is 0 Å². The van der Waals surface area contributed by atoms with Crippen molar-refractivity contribution in [1.82, 2.24) is 5.32 Å². The number of hydrogen-bond donors (Lipinski definition) is 1. The Morgan fingerprint density at radius 1 is 1.06 bits per heavy atom. The molecule has 3 heteroatoms. The first-order valence-corrected chi connectivity index (χ1v) is 5.93. The number of rotatable bonds is 0. The molecule has 0 radical (unpaired) electrons. The monoisotopic (exact) mass is 219 g/mol. The number of hydrogen-bond acceptors (Lipinski definition) is 3. The van der Waals surface area contributed by atoms with Gasteiger partial charge in [-0.05, 0) is 31.5 Å². The minimum absolute atomic E-state index is 0.285. The van der Waals surface area contributed by atoms with Crippen molar-refractivity contribution in [3.05, 3.63) is 24.3 Å². The van der Waals surface area contributed by atoms with E-state index in [-0.39, 0.29) is 5.41 Å². The van der Waals surface area contributed by atoms with Gasteiger partial charge >= 0.3 is 0 Å². The summed E-state index contributed by atoms with van der Waals surface area (Å²) in [5.41, 5.74) is 0.285. The molecule has 86 valence electrons. The molecule has 1 fully saturated rings. The molecule has 1 saturated heterocycles. The zero-order valence-electron chi connectivity index (χ0n) is 9.37. The maximum Gasteiger partial charge on any atom is 0.161 e. The van der Waals surface area contributed by atoms with Crippen LogP contribution in [0.3, 0.4) is 0 Å². The van der Waals surface area contributed by atoms with Crippen molar-refractivity contribution in [2.45, 2.75) is 12.8 Å². The lowest BCUT2D eigenvalue weighted by Crippen LogP contribution is -2.34. The zero-order valence-corrected chi connectivity index (χ0v) is 9.37. The van der Waals surface area contributed by atoms with Gasteiger partial charge in [0.2, 0.25) is 0 Å². The molecule has 2 aliphatic rings. The second-order valence-corrected chi connectivity index (χ2v) is 4.76. The molecule has 3 rings (SSSR count). The number of ether oxygens (including phenoxy) is 2. The van der Waals surface area contributed by atoms with Gasteiger partial charge in [0.25, 0.3) is 0 Å². The molecule has 0 amide bonds. The molecule has 1 N–H and O–H groups in total. The standard InChI is InChI=1S/C13H17NO2/c1-2-4-12-11(3-1)15-8-6-13(10-16-12)5-7-14-9-13/h1-4,14H,5-10H2/t13-/m0/s1. The molecule has 0 saturated carbocycles. The molecule has 2 aliphatic heterocycles. The largest absolute Gasteiger partial charge is 0.490 e. The van der Waals surface area contributed by atoms with Crippen molar-refractivity contribution in [2.24, 2.45) is 5.41 Å². The van der Waals surface area contributed by atoms with Gasteiger partial charge in [0.1, 0.15) is 0 Å². The Hall–Kier alpha value is -1.22. The minimum atomic E-state index is 0.285. The van der Waals surface area contributed by atoms with Crippen LogP contribution >= 0.6 is 0 Å². The number of fused-ring (bicyclic) bond motifs is 1. The topological polar surface area (TPSA) is 30.5 Å². The first-order valence-electron chi connectivity index (χ1n) is 5.93. The van der Waals surface area contributed by atoms with Gasteiger partial charge in [-0.25, -0.2) is 0 Å². The van der Waals surface area contributed by atoms with Gasteiger partial charge in [-0.1, -0.05) is 12.1 Å². The summed E-state index contributed by atoms with van der Waals surface area (Å²) in [6, 6.07) is 7.93. The van der Waals surface area contributed by atoms with Crippen molar-refractivity contribution in [3.63, 3.8) is 0 Å². The lowest BCUT2D eigenvalue weighted by molar-refractivity contribution is 0.105. The highest BCUT2D eigenvalue weighted by Gasteiger charge is 2.35. The Balaban J connectivity index is 1.82. The van der Waals surface area contributed by atoms with E-state index in [1.54, 1.807) is 0 Å². The summed E-state index contributed by atoms with van der Waals surface area (Å²) in [7, 11) is 0. The average molecular weight is 219 g/mol. The van der Waals surface area contributed by atoms with Gasteiger partial charge in [-0.3, -0.25) is 0 Å². The summed E-state index contributed by atoms with van der Waals surface area (Å²) in [5.74, 6) is 1.76. The van der Waals surface area contributed by atoms with E-state index in [1.807, 2.05) is 24.3 Å². The third kappa shape index (κ3) is 1.76. The van der Waals surface area contributed by atoms with Crippen LogP contribution in [0.2, 0.25) is 0 Å². The van der Waals surface area contributed by atoms with Gasteiger partial charge in [0.05, 0.1) is 13.2 Å². The highest BCUT2D eigenvalue weighted by atomic mass is 16.5. The average Bonchev–Trinajstić information content (AvgIpc) is 2.75. The fourth-order valence-electron chi connectivity index (χ4n) is 2.50. The SMILES string of the molecule is c1ccc2c(c1)OCC[C@]1(CCNC1)CO2. The van der Waals surface area contributed by atoms with Crippen molar-refractivity contribution < 1.29 is 9.47 Å². The summed E-state index contributed by atoms with van der Waals surface area (Å²) in [4.78, 5) is 0. The smallest absolute Gasteiger partial charge is 0.161 e. The number of para-hydroxylation sites is 2. The highest BCUT2D eigenvalue weighted by molar-refractivity contribution is 5.39. The lowest BCUT2D eigenvalue weighted by Gasteiger charge is -2.30. The minimum Gasteiger partial charge on any atom is -0.490 e. The van der Waals surface area contributed by atoms with E-state index in [1.165, 1.54) is 6.42 Å². The third-order valence-corrected chi connectivity index (χ3v) is 3.61.